The highest BCUT2D eigenvalue weighted by atomic mass is 127. The maximum absolute atomic E-state index is 13.9. The van der Waals surface area contributed by atoms with Crippen molar-refractivity contribution in [2.24, 2.45) is 0 Å². The number of rotatable bonds is 7. The second-order valence-electron chi connectivity index (χ2n) is 6.14. The van der Waals surface area contributed by atoms with E-state index in [-0.39, 0.29) is 21.9 Å². The molecule has 156 valence electrons. The monoisotopic (exact) mass is 540 g/mol. The highest BCUT2D eigenvalue weighted by Crippen LogP contribution is 2.29. The molecule has 2 N–H and O–H groups in total. The van der Waals surface area contributed by atoms with Gasteiger partial charge in [0.25, 0.3) is 15.9 Å². The van der Waals surface area contributed by atoms with Gasteiger partial charge >= 0.3 is 0 Å². The van der Waals surface area contributed by atoms with E-state index >= 15 is 0 Å². The number of sulfonamides is 1. The molecule has 3 rings (SSSR count). The SMILES string of the molecule is CCOc1ccc(S(=O)(=O)Nc2ccc(I)cc2)cc1NC(=O)c1ccccc1F. The Balaban J connectivity index is 1.92. The molecule has 0 fully saturated rings. The molecule has 0 bridgehead atoms. The van der Waals surface area contributed by atoms with Gasteiger partial charge in [0.2, 0.25) is 0 Å². The van der Waals surface area contributed by atoms with Crippen LogP contribution in [-0.4, -0.2) is 20.9 Å². The molecular formula is C21H18FIN2O4S. The Morgan fingerprint density at radius 3 is 2.43 bits per heavy atom. The first kappa shape index (κ1) is 22.0. The van der Waals surface area contributed by atoms with Crippen LogP contribution in [0.3, 0.4) is 0 Å². The van der Waals surface area contributed by atoms with Crippen LogP contribution in [0.4, 0.5) is 15.8 Å². The van der Waals surface area contributed by atoms with Crippen molar-refractivity contribution in [1.82, 2.24) is 0 Å². The summed E-state index contributed by atoms with van der Waals surface area (Å²) in [7, 11) is -3.92. The van der Waals surface area contributed by atoms with Gasteiger partial charge < -0.3 is 10.1 Å². The van der Waals surface area contributed by atoms with Crippen molar-refractivity contribution >= 4 is 49.9 Å². The lowest BCUT2D eigenvalue weighted by Crippen LogP contribution is -2.17. The minimum Gasteiger partial charge on any atom is -0.492 e. The predicted molar refractivity (Wildman–Crippen MR) is 122 cm³/mol. The molecule has 9 heteroatoms. The molecule has 3 aromatic rings. The van der Waals surface area contributed by atoms with Crippen LogP contribution < -0.4 is 14.8 Å². The smallest absolute Gasteiger partial charge is 0.261 e. The zero-order valence-electron chi connectivity index (χ0n) is 15.9. The number of hydrogen-bond donors (Lipinski definition) is 2. The van der Waals surface area contributed by atoms with Crippen LogP contribution in [0, 0.1) is 9.39 Å². The molecule has 0 saturated heterocycles. The summed E-state index contributed by atoms with van der Waals surface area (Å²) in [5, 5.41) is 2.54. The summed E-state index contributed by atoms with van der Waals surface area (Å²) in [6.45, 7) is 2.06. The van der Waals surface area contributed by atoms with E-state index in [9.17, 15) is 17.6 Å². The van der Waals surface area contributed by atoms with E-state index in [2.05, 4.69) is 32.6 Å². The second-order valence-corrected chi connectivity index (χ2v) is 9.07. The molecule has 0 unspecified atom stereocenters. The number of halogens is 2. The second kappa shape index (κ2) is 9.43. The third-order valence-electron chi connectivity index (χ3n) is 4.02. The van der Waals surface area contributed by atoms with Crippen molar-refractivity contribution in [3.05, 3.63) is 81.7 Å². The lowest BCUT2D eigenvalue weighted by molar-refractivity contribution is 0.102. The van der Waals surface area contributed by atoms with Crippen LogP contribution in [0.15, 0.2) is 71.6 Å². The zero-order valence-corrected chi connectivity index (χ0v) is 18.8. The lowest BCUT2D eigenvalue weighted by atomic mass is 10.2. The minimum atomic E-state index is -3.92. The highest BCUT2D eigenvalue weighted by molar-refractivity contribution is 14.1. The summed E-state index contributed by atoms with van der Waals surface area (Å²) in [5.74, 6) is -1.12. The highest BCUT2D eigenvalue weighted by Gasteiger charge is 2.19. The Morgan fingerprint density at radius 2 is 1.77 bits per heavy atom. The molecule has 0 radical (unpaired) electrons. The first-order chi connectivity index (χ1) is 14.3. The van der Waals surface area contributed by atoms with Gasteiger partial charge in [-0.2, -0.15) is 0 Å². The number of hydrogen-bond acceptors (Lipinski definition) is 4. The minimum absolute atomic E-state index is 0.0756. The number of anilines is 2. The number of benzene rings is 3. The molecule has 6 nitrogen and oxygen atoms in total. The number of carbonyl (C=O) groups is 1. The fraction of sp³-hybridized carbons (Fsp3) is 0.0952. The van der Waals surface area contributed by atoms with Gasteiger partial charge in [-0.15, -0.1) is 0 Å². The van der Waals surface area contributed by atoms with E-state index in [0.717, 1.165) is 3.57 Å². The Kier molecular flexibility index (Phi) is 6.93. The van der Waals surface area contributed by atoms with Crippen molar-refractivity contribution in [1.29, 1.82) is 0 Å². The maximum atomic E-state index is 13.9. The summed E-state index contributed by atoms with van der Waals surface area (Å²) in [5.41, 5.74) is 0.363. The van der Waals surface area contributed by atoms with E-state index in [0.29, 0.717) is 12.3 Å². The number of amides is 1. The van der Waals surface area contributed by atoms with Gasteiger partial charge in [0.1, 0.15) is 11.6 Å². The Morgan fingerprint density at radius 1 is 1.07 bits per heavy atom. The maximum Gasteiger partial charge on any atom is 0.261 e. The van der Waals surface area contributed by atoms with Crippen molar-refractivity contribution in [2.45, 2.75) is 11.8 Å². The van der Waals surface area contributed by atoms with E-state index in [1.54, 1.807) is 31.2 Å². The molecule has 0 aliphatic carbocycles. The summed E-state index contributed by atoms with van der Waals surface area (Å²) >= 11 is 2.12. The van der Waals surface area contributed by atoms with E-state index in [4.69, 9.17) is 4.74 Å². The molecule has 0 spiro atoms. The molecule has 0 aliphatic heterocycles. The van der Waals surface area contributed by atoms with Crippen molar-refractivity contribution in [3.63, 3.8) is 0 Å². The average molecular weight is 540 g/mol. The van der Waals surface area contributed by atoms with Gasteiger partial charge in [-0.25, -0.2) is 12.8 Å². The van der Waals surface area contributed by atoms with Crippen LogP contribution in [0.25, 0.3) is 0 Å². The predicted octanol–water partition coefficient (Wildman–Crippen LogP) is 4.88. The molecule has 0 atom stereocenters. The Bertz CT molecular complexity index is 1170. The van der Waals surface area contributed by atoms with Gasteiger partial charge in [-0.1, -0.05) is 12.1 Å². The van der Waals surface area contributed by atoms with Crippen molar-refractivity contribution in [2.75, 3.05) is 16.6 Å². The number of nitrogens with one attached hydrogen (secondary N) is 2. The molecule has 0 saturated carbocycles. The Hall–Kier alpha value is -2.66. The van der Waals surface area contributed by atoms with E-state index in [1.165, 1.54) is 42.5 Å². The molecule has 0 aromatic heterocycles. The molecule has 3 aromatic carbocycles. The van der Waals surface area contributed by atoms with Gasteiger partial charge in [0.05, 0.1) is 22.8 Å². The molecule has 1 amide bonds. The van der Waals surface area contributed by atoms with Crippen LogP contribution in [0.5, 0.6) is 5.75 Å². The Labute approximate surface area is 187 Å². The summed E-state index contributed by atoms with van der Waals surface area (Å²) < 4.78 is 48.5. The topological polar surface area (TPSA) is 84.5 Å². The lowest BCUT2D eigenvalue weighted by Gasteiger charge is -2.14. The molecule has 0 heterocycles. The van der Waals surface area contributed by atoms with Gasteiger partial charge in [-0.05, 0) is 84.1 Å². The molecule has 30 heavy (non-hydrogen) atoms. The quantitative estimate of drug-likeness (QED) is 0.419. The van der Waals surface area contributed by atoms with Gasteiger partial charge in [-0.3, -0.25) is 9.52 Å². The number of carbonyl (C=O) groups excluding carboxylic acids is 1. The molecule has 0 aliphatic rings. The van der Waals surface area contributed by atoms with Crippen LogP contribution >= 0.6 is 22.6 Å². The summed E-state index contributed by atoms with van der Waals surface area (Å²) in [4.78, 5) is 12.4. The fourth-order valence-corrected chi connectivity index (χ4v) is 4.07. The number of ether oxygens (including phenoxy) is 1. The van der Waals surface area contributed by atoms with Crippen LogP contribution in [0.1, 0.15) is 17.3 Å². The fourth-order valence-electron chi connectivity index (χ4n) is 2.62. The van der Waals surface area contributed by atoms with Crippen molar-refractivity contribution < 1.29 is 22.3 Å². The van der Waals surface area contributed by atoms with Crippen LogP contribution in [0.2, 0.25) is 0 Å². The standard InChI is InChI=1S/C21H18FIN2O4S/c1-2-29-20-12-11-16(30(27,28)25-15-9-7-14(23)8-10-15)13-19(20)24-21(26)17-5-3-4-6-18(17)22/h3-13,25H,2H2,1H3,(H,24,26). The van der Waals surface area contributed by atoms with E-state index in [1.807, 2.05) is 0 Å². The summed E-state index contributed by atoms with van der Waals surface area (Å²) in [6, 6.07) is 16.5. The normalized spacial score (nSPS) is 11.0. The molecular weight excluding hydrogens is 522 g/mol. The first-order valence-corrected chi connectivity index (χ1v) is 11.5. The van der Waals surface area contributed by atoms with E-state index < -0.39 is 21.7 Å². The third-order valence-corrected chi connectivity index (χ3v) is 6.12. The third kappa shape index (κ3) is 5.28. The van der Waals surface area contributed by atoms with Gasteiger partial charge in [0, 0.05) is 9.26 Å². The zero-order chi connectivity index (χ0) is 21.7. The van der Waals surface area contributed by atoms with Gasteiger partial charge in [0.15, 0.2) is 0 Å². The van der Waals surface area contributed by atoms with Crippen LogP contribution in [-0.2, 0) is 10.0 Å². The average Bonchev–Trinajstić information content (AvgIpc) is 2.71. The first-order valence-electron chi connectivity index (χ1n) is 8.91. The largest absolute Gasteiger partial charge is 0.492 e. The summed E-state index contributed by atoms with van der Waals surface area (Å²) in [6.07, 6.45) is 0. The van der Waals surface area contributed by atoms with Crippen molar-refractivity contribution in [3.8, 4) is 5.75 Å².